The van der Waals surface area contributed by atoms with E-state index in [9.17, 15) is 18.0 Å². The molecule has 0 spiro atoms. The summed E-state index contributed by atoms with van der Waals surface area (Å²) in [5.74, 6) is -2.66. The highest BCUT2D eigenvalue weighted by Gasteiger charge is 2.15. The van der Waals surface area contributed by atoms with Gasteiger partial charge < -0.3 is 4.57 Å². The molecule has 0 aliphatic heterocycles. The van der Waals surface area contributed by atoms with Crippen molar-refractivity contribution in [3.05, 3.63) is 63.7 Å². The smallest absolute Gasteiger partial charge is 0.295 e. The Bertz CT molecular complexity index is 966. The molecule has 24 heavy (non-hydrogen) atoms. The fraction of sp³-hybridized carbons (Fsp3) is 0.267. The predicted molar refractivity (Wildman–Crippen MR) is 79.7 cm³/mol. The molecule has 0 bridgehead atoms. The highest BCUT2D eigenvalue weighted by molar-refractivity contribution is 5.34. The minimum atomic E-state index is -1.22. The SMILES string of the molecule is CN(Cc1cc(F)c(F)cc1F)Cc1nnc2c(=O)n(C)ccn12. The first-order chi connectivity index (χ1) is 11.4. The Kier molecular flexibility index (Phi) is 4.10. The molecule has 0 atom stereocenters. The molecule has 3 aromatic rings. The zero-order valence-corrected chi connectivity index (χ0v) is 13.0. The van der Waals surface area contributed by atoms with Crippen molar-refractivity contribution in [2.45, 2.75) is 13.1 Å². The van der Waals surface area contributed by atoms with Gasteiger partial charge >= 0.3 is 0 Å². The van der Waals surface area contributed by atoms with Crippen molar-refractivity contribution in [2.75, 3.05) is 7.05 Å². The Balaban J connectivity index is 1.83. The molecule has 3 rings (SSSR count). The number of halogens is 3. The second-order valence-corrected chi connectivity index (χ2v) is 5.55. The van der Waals surface area contributed by atoms with Gasteiger partial charge in [0.1, 0.15) is 5.82 Å². The van der Waals surface area contributed by atoms with Gasteiger partial charge in [-0.3, -0.25) is 14.1 Å². The number of rotatable bonds is 4. The second-order valence-electron chi connectivity index (χ2n) is 5.55. The largest absolute Gasteiger partial charge is 0.314 e. The van der Waals surface area contributed by atoms with Crippen LogP contribution in [0.25, 0.3) is 5.65 Å². The molecule has 6 nitrogen and oxygen atoms in total. The van der Waals surface area contributed by atoms with Crippen LogP contribution in [-0.4, -0.2) is 31.1 Å². The van der Waals surface area contributed by atoms with E-state index in [4.69, 9.17) is 0 Å². The molecule has 0 saturated carbocycles. The zero-order valence-electron chi connectivity index (χ0n) is 13.0. The molecule has 0 aliphatic carbocycles. The Morgan fingerprint density at radius 3 is 2.50 bits per heavy atom. The highest BCUT2D eigenvalue weighted by atomic mass is 19.2. The van der Waals surface area contributed by atoms with Crippen LogP contribution in [0.4, 0.5) is 13.2 Å². The summed E-state index contributed by atoms with van der Waals surface area (Å²) in [7, 11) is 3.28. The van der Waals surface area contributed by atoms with Crippen LogP contribution in [0, 0.1) is 17.5 Å². The van der Waals surface area contributed by atoms with Crippen molar-refractivity contribution in [1.82, 2.24) is 24.1 Å². The van der Waals surface area contributed by atoms with Crippen LogP contribution in [0.3, 0.4) is 0 Å². The third-order valence-electron chi connectivity index (χ3n) is 3.66. The quantitative estimate of drug-likeness (QED) is 0.677. The van der Waals surface area contributed by atoms with Gasteiger partial charge in [-0.25, -0.2) is 13.2 Å². The number of benzene rings is 1. The molecular weight excluding hydrogens is 323 g/mol. The molecule has 0 aliphatic rings. The lowest BCUT2D eigenvalue weighted by atomic mass is 10.2. The summed E-state index contributed by atoms with van der Waals surface area (Å²) in [6.45, 7) is 0.287. The van der Waals surface area contributed by atoms with E-state index in [1.165, 1.54) is 4.57 Å². The average molecular weight is 337 g/mol. The maximum Gasteiger partial charge on any atom is 0.295 e. The number of aryl methyl sites for hydroxylation is 1. The van der Waals surface area contributed by atoms with E-state index in [0.29, 0.717) is 11.9 Å². The van der Waals surface area contributed by atoms with Crippen LogP contribution in [0.5, 0.6) is 0 Å². The molecule has 0 saturated heterocycles. The van der Waals surface area contributed by atoms with E-state index < -0.39 is 17.5 Å². The third-order valence-corrected chi connectivity index (χ3v) is 3.66. The Labute approximate surface area is 134 Å². The first kappa shape index (κ1) is 16.2. The zero-order chi connectivity index (χ0) is 17.4. The molecular formula is C15H14F3N5O. The van der Waals surface area contributed by atoms with Gasteiger partial charge in [-0.2, -0.15) is 0 Å². The van der Waals surface area contributed by atoms with Gasteiger partial charge in [0.05, 0.1) is 6.54 Å². The normalized spacial score (nSPS) is 11.6. The molecule has 9 heteroatoms. The van der Waals surface area contributed by atoms with Crippen LogP contribution in [0.15, 0.2) is 29.3 Å². The molecule has 0 unspecified atom stereocenters. The van der Waals surface area contributed by atoms with E-state index in [1.54, 1.807) is 35.8 Å². The minimum Gasteiger partial charge on any atom is -0.314 e. The van der Waals surface area contributed by atoms with Crippen molar-refractivity contribution in [2.24, 2.45) is 7.05 Å². The number of hydrogen-bond donors (Lipinski definition) is 0. The molecule has 1 aromatic carbocycles. The van der Waals surface area contributed by atoms with Gasteiger partial charge in [0.2, 0.25) is 5.65 Å². The van der Waals surface area contributed by atoms with E-state index in [0.717, 1.165) is 6.07 Å². The monoisotopic (exact) mass is 337 g/mol. The number of nitrogens with zero attached hydrogens (tertiary/aromatic N) is 5. The van der Waals surface area contributed by atoms with E-state index in [2.05, 4.69) is 10.2 Å². The summed E-state index contributed by atoms with van der Waals surface area (Å²) < 4.78 is 42.9. The van der Waals surface area contributed by atoms with E-state index in [-0.39, 0.29) is 29.9 Å². The predicted octanol–water partition coefficient (Wildman–Crippen LogP) is 1.48. The standard InChI is InChI=1S/C15H14F3N5O/c1-21(7-9-5-11(17)12(18)6-10(9)16)8-13-19-20-14-15(24)22(2)3-4-23(13)14/h3-6H,7-8H2,1-2H3. The summed E-state index contributed by atoms with van der Waals surface area (Å²) in [6, 6.07) is 1.35. The molecule has 0 radical (unpaired) electrons. The van der Waals surface area contributed by atoms with Crippen LogP contribution < -0.4 is 5.56 Å². The Morgan fingerprint density at radius 1 is 1.04 bits per heavy atom. The lowest BCUT2D eigenvalue weighted by molar-refractivity contribution is 0.303. The molecule has 0 N–H and O–H groups in total. The fourth-order valence-corrected chi connectivity index (χ4v) is 2.40. The first-order valence-corrected chi connectivity index (χ1v) is 7.08. The maximum absolute atomic E-state index is 13.7. The summed E-state index contributed by atoms with van der Waals surface area (Å²) in [4.78, 5) is 13.6. The average Bonchev–Trinajstić information content (AvgIpc) is 2.92. The lowest BCUT2D eigenvalue weighted by Crippen LogP contribution is -2.22. The van der Waals surface area contributed by atoms with Gasteiger partial charge in [0, 0.05) is 37.6 Å². The first-order valence-electron chi connectivity index (χ1n) is 7.08. The summed E-state index contributed by atoms with van der Waals surface area (Å²) >= 11 is 0. The van der Waals surface area contributed by atoms with E-state index in [1.807, 2.05) is 0 Å². The fourth-order valence-electron chi connectivity index (χ4n) is 2.40. The van der Waals surface area contributed by atoms with Crippen LogP contribution in [0.1, 0.15) is 11.4 Å². The summed E-state index contributed by atoms with van der Waals surface area (Å²) in [6.07, 6.45) is 3.23. The third kappa shape index (κ3) is 2.90. The van der Waals surface area contributed by atoms with Crippen LogP contribution in [-0.2, 0) is 20.1 Å². The van der Waals surface area contributed by atoms with Crippen LogP contribution >= 0.6 is 0 Å². The maximum atomic E-state index is 13.7. The highest BCUT2D eigenvalue weighted by Crippen LogP contribution is 2.16. The molecule has 0 fully saturated rings. The van der Waals surface area contributed by atoms with Crippen molar-refractivity contribution in [1.29, 1.82) is 0 Å². The lowest BCUT2D eigenvalue weighted by Gasteiger charge is -2.16. The van der Waals surface area contributed by atoms with E-state index >= 15 is 0 Å². The van der Waals surface area contributed by atoms with Gasteiger partial charge in [-0.05, 0) is 13.1 Å². The Hall–Kier alpha value is -2.68. The summed E-state index contributed by atoms with van der Waals surface area (Å²) in [5.41, 5.74) is -0.0749. The van der Waals surface area contributed by atoms with Crippen molar-refractivity contribution in [3.63, 3.8) is 0 Å². The molecule has 2 aromatic heterocycles. The topological polar surface area (TPSA) is 55.4 Å². The second kappa shape index (κ2) is 6.08. The van der Waals surface area contributed by atoms with Crippen molar-refractivity contribution >= 4 is 5.65 Å². The van der Waals surface area contributed by atoms with Crippen molar-refractivity contribution < 1.29 is 13.2 Å². The molecule has 126 valence electrons. The molecule has 2 heterocycles. The molecule has 0 amide bonds. The number of fused-ring (bicyclic) bond motifs is 1. The van der Waals surface area contributed by atoms with Gasteiger partial charge in [0.15, 0.2) is 17.5 Å². The van der Waals surface area contributed by atoms with Gasteiger partial charge in [-0.1, -0.05) is 0 Å². The van der Waals surface area contributed by atoms with Crippen LogP contribution in [0.2, 0.25) is 0 Å². The number of hydrogen-bond acceptors (Lipinski definition) is 4. The van der Waals surface area contributed by atoms with Gasteiger partial charge in [0.25, 0.3) is 5.56 Å². The number of aromatic nitrogens is 4. The van der Waals surface area contributed by atoms with Crippen molar-refractivity contribution in [3.8, 4) is 0 Å². The minimum absolute atomic E-state index is 0.0288. The Morgan fingerprint density at radius 2 is 1.75 bits per heavy atom. The van der Waals surface area contributed by atoms with Gasteiger partial charge in [-0.15, -0.1) is 10.2 Å². The summed E-state index contributed by atoms with van der Waals surface area (Å²) in [5, 5.41) is 7.81.